The van der Waals surface area contributed by atoms with Crippen molar-refractivity contribution in [3.63, 3.8) is 0 Å². The summed E-state index contributed by atoms with van der Waals surface area (Å²) in [5, 5.41) is 0.00382. The van der Waals surface area contributed by atoms with Crippen LogP contribution in [0.2, 0.25) is 18.1 Å². The van der Waals surface area contributed by atoms with E-state index in [-0.39, 0.29) is 17.7 Å². The Morgan fingerprint density at radius 3 is 2.07 bits per heavy atom. The third kappa shape index (κ3) is 3.48. The predicted molar refractivity (Wildman–Crippen MR) is 111 cm³/mol. The molecule has 2 aliphatic rings. The van der Waals surface area contributed by atoms with Crippen LogP contribution in [0.25, 0.3) is 0 Å². The van der Waals surface area contributed by atoms with Crippen LogP contribution >= 0.6 is 0 Å². The molecule has 4 atom stereocenters. The summed E-state index contributed by atoms with van der Waals surface area (Å²) < 4.78 is 27.9. The Hall–Kier alpha value is -1.22. The summed E-state index contributed by atoms with van der Waals surface area (Å²) in [5.41, 5.74) is -1.72. The van der Waals surface area contributed by atoms with Gasteiger partial charge in [0, 0.05) is 25.4 Å². The Balaban J connectivity index is 2.52. The van der Waals surface area contributed by atoms with Crippen molar-refractivity contribution in [2.24, 2.45) is 17.3 Å². The molecule has 7 nitrogen and oxygen atoms in total. The lowest BCUT2D eigenvalue weighted by molar-refractivity contribution is -0.189. The van der Waals surface area contributed by atoms with Gasteiger partial charge in [-0.2, -0.15) is 0 Å². The van der Waals surface area contributed by atoms with Gasteiger partial charge in [-0.1, -0.05) is 27.4 Å². The maximum absolute atomic E-state index is 12.8. The Morgan fingerprint density at radius 1 is 1.14 bits per heavy atom. The fraction of sp³-hybridized carbons (Fsp3) is 0.810. The zero-order chi connectivity index (χ0) is 22.4. The van der Waals surface area contributed by atoms with Gasteiger partial charge < -0.3 is 23.4 Å². The van der Waals surface area contributed by atoms with Crippen molar-refractivity contribution >= 4 is 20.3 Å². The molecule has 2 rings (SSSR count). The first kappa shape index (κ1) is 24.1. The van der Waals surface area contributed by atoms with E-state index in [4.69, 9.17) is 23.4 Å². The molecule has 0 radical (unpaired) electrons. The number of methoxy groups -OCH3 is 3. The van der Waals surface area contributed by atoms with E-state index in [1.807, 2.05) is 6.92 Å². The Labute approximate surface area is 175 Å². The van der Waals surface area contributed by atoms with E-state index in [1.54, 1.807) is 0 Å². The molecule has 0 aromatic carbocycles. The van der Waals surface area contributed by atoms with Crippen LogP contribution in [0.4, 0.5) is 0 Å². The molecule has 0 amide bonds. The number of rotatable bonds is 7. The second-order valence-corrected chi connectivity index (χ2v) is 14.5. The summed E-state index contributed by atoms with van der Waals surface area (Å²) in [5.74, 6) is -2.05. The van der Waals surface area contributed by atoms with Gasteiger partial charge in [-0.25, -0.2) is 0 Å². The largest absolute Gasteiger partial charge is 0.468 e. The second kappa shape index (κ2) is 7.79. The highest BCUT2D eigenvalue weighted by Gasteiger charge is 2.78. The highest BCUT2D eigenvalue weighted by molar-refractivity contribution is 6.74. The third-order valence-electron chi connectivity index (χ3n) is 7.12. The summed E-state index contributed by atoms with van der Waals surface area (Å²) in [6.45, 7) is 17.1. The van der Waals surface area contributed by atoms with E-state index in [9.17, 15) is 9.59 Å². The highest BCUT2D eigenvalue weighted by atomic mass is 28.4. The average Bonchev–Trinajstić information content (AvgIpc) is 2.86. The third-order valence-corrected chi connectivity index (χ3v) is 11.7. The molecule has 2 aliphatic carbocycles. The van der Waals surface area contributed by atoms with Crippen molar-refractivity contribution in [1.29, 1.82) is 0 Å². The van der Waals surface area contributed by atoms with E-state index < -0.39 is 43.3 Å². The number of esters is 2. The topological polar surface area (TPSA) is 80.3 Å². The van der Waals surface area contributed by atoms with Crippen LogP contribution in [0, 0.1) is 17.3 Å². The zero-order valence-electron chi connectivity index (χ0n) is 19.2. The average molecular weight is 429 g/mol. The molecule has 29 heavy (non-hydrogen) atoms. The fourth-order valence-electron chi connectivity index (χ4n) is 4.82. The lowest BCUT2D eigenvalue weighted by atomic mass is 9.49. The minimum atomic E-state index is -2.15. The Kier molecular flexibility index (Phi) is 6.46. The van der Waals surface area contributed by atoms with Gasteiger partial charge in [0.15, 0.2) is 13.7 Å². The first-order valence-corrected chi connectivity index (χ1v) is 12.8. The first-order chi connectivity index (χ1) is 13.2. The van der Waals surface area contributed by atoms with Crippen LogP contribution in [-0.4, -0.2) is 60.1 Å². The smallest absolute Gasteiger partial charge is 0.327 e. The summed E-state index contributed by atoms with van der Waals surface area (Å²) in [7, 11) is 1.91. The van der Waals surface area contributed by atoms with Gasteiger partial charge in [0.1, 0.15) is 6.79 Å². The van der Waals surface area contributed by atoms with Gasteiger partial charge in [-0.15, -0.1) is 0 Å². The van der Waals surface area contributed by atoms with Crippen molar-refractivity contribution in [2.75, 3.05) is 28.1 Å². The molecule has 0 bridgehead atoms. The molecule has 0 aliphatic heterocycles. The molecular weight excluding hydrogens is 392 g/mol. The van der Waals surface area contributed by atoms with Crippen molar-refractivity contribution in [2.45, 2.75) is 64.0 Å². The van der Waals surface area contributed by atoms with Crippen LogP contribution in [0.5, 0.6) is 0 Å². The molecule has 166 valence electrons. The molecule has 0 saturated heterocycles. The Bertz CT molecular complexity index is 665. The van der Waals surface area contributed by atoms with Gasteiger partial charge in [0.05, 0.1) is 25.9 Å². The minimum Gasteiger partial charge on any atom is -0.468 e. The summed E-state index contributed by atoms with van der Waals surface area (Å²) in [6, 6.07) is 0. The number of hydrogen-bond acceptors (Lipinski definition) is 7. The number of ether oxygens (including phenoxy) is 4. The standard InChI is InChI=1S/C21H36O7Si/c1-13-15-16(21(13,17(22)25-7)18(23)26-8)14(27-12-24-6)11-20(15,5)28-29(9,10)19(2,3)4/h14-16H,1,11-12H2,2-10H3/t14-,15-,16-,20-/m0/s1. The van der Waals surface area contributed by atoms with E-state index in [1.165, 1.54) is 21.3 Å². The van der Waals surface area contributed by atoms with Crippen molar-refractivity contribution in [3.8, 4) is 0 Å². The molecule has 0 aromatic heterocycles. The summed E-state index contributed by atoms with van der Waals surface area (Å²) in [6.07, 6.45) is 0.0888. The van der Waals surface area contributed by atoms with Crippen molar-refractivity contribution < 1.29 is 33.0 Å². The van der Waals surface area contributed by atoms with E-state index in [0.717, 1.165) is 0 Å². The summed E-state index contributed by atoms with van der Waals surface area (Å²) >= 11 is 0. The molecule has 0 N–H and O–H groups in total. The predicted octanol–water partition coefficient (Wildman–Crippen LogP) is 3.29. The normalized spacial score (nSPS) is 31.1. The number of hydrogen-bond donors (Lipinski definition) is 0. The summed E-state index contributed by atoms with van der Waals surface area (Å²) in [4.78, 5) is 25.7. The van der Waals surface area contributed by atoms with Crippen molar-refractivity contribution in [1.82, 2.24) is 0 Å². The van der Waals surface area contributed by atoms with E-state index in [0.29, 0.717) is 12.0 Å². The zero-order valence-corrected chi connectivity index (χ0v) is 20.2. The Morgan fingerprint density at radius 2 is 1.66 bits per heavy atom. The molecule has 0 aromatic rings. The molecule has 2 saturated carbocycles. The lowest BCUT2D eigenvalue weighted by Gasteiger charge is -2.56. The minimum absolute atomic E-state index is 0.00382. The van der Waals surface area contributed by atoms with Gasteiger partial charge in [-0.05, 0) is 30.6 Å². The van der Waals surface area contributed by atoms with Crippen LogP contribution in [0.1, 0.15) is 34.1 Å². The van der Waals surface area contributed by atoms with Crippen LogP contribution in [0.15, 0.2) is 12.2 Å². The monoisotopic (exact) mass is 428 g/mol. The number of fused-ring (bicyclic) bond motifs is 1. The van der Waals surface area contributed by atoms with Crippen LogP contribution in [-0.2, 0) is 33.0 Å². The van der Waals surface area contributed by atoms with Gasteiger partial charge >= 0.3 is 11.9 Å². The molecular formula is C21H36O7Si. The van der Waals surface area contributed by atoms with E-state index >= 15 is 0 Å². The molecule has 2 fully saturated rings. The quantitative estimate of drug-likeness (QED) is 0.202. The van der Waals surface area contributed by atoms with Gasteiger partial charge in [0.25, 0.3) is 0 Å². The maximum atomic E-state index is 12.8. The van der Waals surface area contributed by atoms with Gasteiger partial charge in [-0.3, -0.25) is 9.59 Å². The first-order valence-electron chi connectivity index (χ1n) is 9.91. The molecule has 0 heterocycles. The van der Waals surface area contributed by atoms with Gasteiger partial charge in [0.2, 0.25) is 0 Å². The fourth-order valence-corrected chi connectivity index (χ4v) is 6.51. The number of carbonyl (C=O) groups excluding carboxylic acids is 2. The molecule has 8 heteroatoms. The van der Waals surface area contributed by atoms with E-state index in [2.05, 4.69) is 40.4 Å². The number of carbonyl (C=O) groups is 2. The lowest BCUT2D eigenvalue weighted by Crippen LogP contribution is -2.65. The van der Waals surface area contributed by atoms with Crippen LogP contribution in [0.3, 0.4) is 0 Å². The SMILES string of the molecule is C=C1[C@H]2[C@H]([C@@H](OCOC)C[C@]2(C)O[Si](C)(C)C(C)(C)C)C1(C(=O)OC)C(=O)OC. The van der Waals surface area contributed by atoms with Crippen molar-refractivity contribution in [3.05, 3.63) is 12.2 Å². The molecule has 0 spiro atoms. The van der Waals surface area contributed by atoms with Crippen LogP contribution < -0.4 is 0 Å². The maximum Gasteiger partial charge on any atom is 0.327 e. The highest BCUT2D eigenvalue weighted by Crippen LogP contribution is 2.68. The second-order valence-electron chi connectivity index (χ2n) is 9.81. The molecule has 0 unspecified atom stereocenters.